The Morgan fingerprint density at radius 2 is 2.20 bits per heavy atom. The molecule has 0 bridgehead atoms. The van der Waals surface area contributed by atoms with Gasteiger partial charge in [-0.1, -0.05) is 18.2 Å². The lowest BCUT2D eigenvalue weighted by Gasteiger charge is -2.11. The molecule has 1 fully saturated rings. The number of hydrogen-bond donors (Lipinski definition) is 2. The molecule has 4 nitrogen and oxygen atoms in total. The standard InChI is InChI=1S/C16H20N2O2/c1-20-15-4-2-3-12-7-8-13(18-16(12)15)9-17-10-14(19)11-5-6-11/h2-4,7-8,11,14,17,19H,5-6,9-10H2,1H3. The molecule has 0 aliphatic heterocycles. The molecule has 1 aliphatic carbocycles. The largest absolute Gasteiger partial charge is 0.494 e. The Balaban J connectivity index is 1.68. The van der Waals surface area contributed by atoms with Gasteiger partial charge in [-0.2, -0.15) is 0 Å². The third-order valence-corrected chi connectivity index (χ3v) is 3.79. The van der Waals surface area contributed by atoms with Crippen molar-refractivity contribution in [2.45, 2.75) is 25.5 Å². The molecule has 1 atom stereocenters. The van der Waals surface area contributed by atoms with E-state index in [-0.39, 0.29) is 6.10 Å². The summed E-state index contributed by atoms with van der Waals surface area (Å²) in [6.07, 6.45) is 2.10. The number of hydrogen-bond acceptors (Lipinski definition) is 4. The first-order valence-electron chi connectivity index (χ1n) is 7.09. The number of rotatable bonds is 6. The highest BCUT2D eigenvalue weighted by Gasteiger charge is 2.29. The number of nitrogens with one attached hydrogen (secondary N) is 1. The van der Waals surface area contributed by atoms with Gasteiger partial charge in [-0.25, -0.2) is 4.98 Å². The first kappa shape index (κ1) is 13.3. The van der Waals surface area contributed by atoms with Gasteiger partial charge in [0.2, 0.25) is 0 Å². The third-order valence-electron chi connectivity index (χ3n) is 3.79. The molecule has 2 aromatic rings. The van der Waals surface area contributed by atoms with Gasteiger partial charge in [0.1, 0.15) is 11.3 Å². The topological polar surface area (TPSA) is 54.4 Å². The van der Waals surface area contributed by atoms with Crippen molar-refractivity contribution in [3.63, 3.8) is 0 Å². The molecule has 106 valence electrons. The summed E-state index contributed by atoms with van der Waals surface area (Å²) < 4.78 is 5.34. The zero-order chi connectivity index (χ0) is 13.9. The van der Waals surface area contributed by atoms with Crippen LogP contribution in [0, 0.1) is 5.92 Å². The quantitative estimate of drug-likeness (QED) is 0.845. The minimum absolute atomic E-state index is 0.218. The number of fused-ring (bicyclic) bond motifs is 1. The van der Waals surface area contributed by atoms with Crippen LogP contribution in [0.25, 0.3) is 10.9 Å². The first-order chi connectivity index (χ1) is 9.78. The average Bonchev–Trinajstić information content (AvgIpc) is 3.31. The fraction of sp³-hybridized carbons (Fsp3) is 0.438. The van der Waals surface area contributed by atoms with E-state index in [9.17, 15) is 5.11 Å². The Morgan fingerprint density at radius 3 is 2.95 bits per heavy atom. The molecule has 20 heavy (non-hydrogen) atoms. The van der Waals surface area contributed by atoms with E-state index in [1.54, 1.807) is 7.11 Å². The minimum Gasteiger partial charge on any atom is -0.494 e. The number of para-hydroxylation sites is 1. The van der Waals surface area contributed by atoms with Crippen LogP contribution in [-0.2, 0) is 6.54 Å². The number of aromatic nitrogens is 1. The second kappa shape index (κ2) is 5.77. The Bertz CT molecular complexity index is 596. The number of nitrogens with zero attached hydrogens (tertiary/aromatic N) is 1. The zero-order valence-corrected chi connectivity index (χ0v) is 11.7. The first-order valence-corrected chi connectivity index (χ1v) is 7.09. The normalized spacial score (nSPS) is 16.3. The second-order valence-corrected chi connectivity index (χ2v) is 5.37. The van der Waals surface area contributed by atoms with E-state index in [0.717, 1.165) is 35.2 Å². The molecular weight excluding hydrogens is 252 g/mol. The maximum Gasteiger partial charge on any atom is 0.145 e. The van der Waals surface area contributed by atoms with Crippen LogP contribution in [0.1, 0.15) is 18.5 Å². The zero-order valence-electron chi connectivity index (χ0n) is 11.7. The highest BCUT2D eigenvalue weighted by atomic mass is 16.5. The number of benzene rings is 1. The molecule has 0 radical (unpaired) electrons. The highest BCUT2D eigenvalue weighted by Crippen LogP contribution is 2.32. The molecule has 1 aromatic heterocycles. The van der Waals surface area contributed by atoms with Crippen LogP contribution in [-0.4, -0.2) is 29.8 Å². The van der Waals surface area contributed by atoms with Gasteiger partial charge in [0.25, 0.3) is 0 Å². The summed E-state index contributed by atoms with van der Waals surface area (Å²) in [5, 5.41) is 14.2. The van der Waals surface area contributed by atoms with Crippen molar-refractivity contribution < 1.29 is 9.84 Å². The molecule has 1 unspecified atom stereocenters. The van der Waals surface area contributed by atoms with Crippen molar-refractivity contribution in [1.29, 1.82) is 0 Å². The van der Waals surface area contributed by atoms with Gasteiger partial charge in [0.15, 0.2) is 0 Å². The lowest BCUT2D eigenvalue weighted by molar-refractivity contribution is 0.148. The van der Waals surface area contributed by atoms with Gasteiger partial charge in [0, 0.05) is 18.5 Å². The fourth-order valence-corrected chi connectivity index (χ4v) is 2.42. The van der Waals surface area contributed by atoms with E-state index < -0.39 is 0 Å². The van der Waals surface area contributed by atoms with Crippen molar-refractivity contribution in [3.8, 4) is 5.75 Å². The smallest absolute Gasteiger partial charge is 0.145 e. The molecule has 0 saturated heterocycles. The number of aliphatic hydroxyl groups excluding tert-OH is 1. The molecule has 1 heterocycles. The van der Waals surface area contributed by atoms with E-state index in [2.05, 4.69) is 16.4 Å². The summed E-state index contributed by atoms with van der Waals surface area (Å²) >= 11 is 0. The van der Waals surface area contributed by atoms with E-state index in [4.69, 9.17) is 4.74 Å². The Hall–Kier alpha value is -1.65. The maximum absolute atomic E-state index is 9.82. The van der Waals surface area contributed by atoms with Crippen molar-refractivity contribution in [3.05, 3.63) is 36.0 Å². The summed E-state index contributed by atoms with van der Waals surface area (Å²) in [6.45, 7) is 1.30. The van der Waals surface area contributed by atoms with Crippen molar-refractivity contribution in [1.82, 2.24) is 10.3 Å². The van der Waals surface area contributed by atoms with Crippen LogP contribution in [0.5, 0.6) is 5.75 Å². The van der Waals surface area contributed by atoms with Crippen molar-refractivity contribution >= 4 is 10.9 Å². The van der Waals surface area contributed by atoms with Crippen molar-refractivity contribution in [2.24, 2.45) is 5.92 Å². The Labute approximate surface area is 118 Å². The van der Waals surface area contributed by atoms with Gasteiger partial charge >= 0.3 is 0 Å². The predicted molar refractivity (Wildman–Crippen MR) is 78.7 cm³/mol. The molecular formula is C16H20N2O2. The summed E-state index contributed by atoms with van der Waals surface area (Å²) in [5.41, 5.74) is 1.85. The van der Waals surface area contributed by atoms with Crippen LogP contribution in [0.15, 0.2) is 30.3 Å². The van der Waals surface area contributed by atoms with Crippen LogP contribution in [0.4, 0.5) is 0 Å². The van der Waals surface area contributed by atoms with E-state index in [1.165, 1.54) is 0 Å². The van der Waals surface area contributed by atoms with E-state index in [0.29, 0.717) is 19.0 Å². The molecule has 3 rings (SSSR count). The minimum atomic E-state index is -0.218. The third kappa shape index (κ3) is 2.92. The molecule has 1 saturated carbocycles. The number of pyridine rings is 1. The molecule has 0 spiro atoms. The maximum atomic E-state index is 9.82. The summed E-state index contributed by atoms with van der Waals surface area (Å²) in [7, 11) is 1.66. The van der Waals surface area contributed by atoms with Crippen LogP contribution in [0.2, 0.25) is 0 Å². The summed E-state index contributed by atoms with van der Waals surface area (Å²) in [5.74, 6) is 1.30. The second-order valence-electron chi connectivity index (χ2n) is 5.37. The Morgan fingerprint density at radius 1 is 1.35 bits per heavy atom. The monoisotopic (exact) mass is 272 g/mol. The van der Waals surface area contributed by atoms with Gasteiger partial charge in [-0.3, -0.25) is 0 Å². The summed E-state index contributed by atoms with van der Waals surface area (Å²) in [6, 6.07) is 9.98. The average molecular weight is 272 g/mol. The highest BCUT2D eigenvalue weighted by molar-refractivity contribution is 5.84. The molecule has 0 amide bonds. The van der Waals surface area contributed by atoms with Gasteiger partial charge in [-0.15, -0.1) is 0 Å². The molecule has 1 aliphatic rings. The number of methoxy groups -OCH3 is 1. The van der Waals surface area contributed by atoms with Gasteiger partial charge in [-0.05, 0) is 30.9 Å². The number of aliphatic hydroxyl groups is 1. The number of ether oxygens (including phenoxy) is 1. The summed E-state index contributed by atoms with van der Waals surface area (Å²) in [4.78, 5) is 4.63. The molecule has 1 aromatic carbocycles. The molecule has 4 heteroatoms. The van der Waals surface area contributed by atoms with Gasteiger partial charge in [0.05, 0.1) is 18.9 Å². The Kier molecular flexibility index (Phi) is 3.85. The lowest BCUT2D eigenvalue weighted by Crippen LogP contribution is -2.28. The van der Waals surface area contributed by atoms with Gasteiger partial charge < -0.3 is 15.2 Å². The van der Waals surface area contributed by atoms with E-state index >= 15 is 0 Å². The van der Waals surface area contributed by atoms with Crippen LogP contribution < -0.4 is 10.1 Å². The van der Waals surface area contributed by atoms with E-state index in [1.807, 2.05) is 24.3 Å². The SMILES string of the molecule is COc1cccc2ccc(CNCC(O)C3CC3)nc12. The predicted octanol–water partition coefficient (Wildman–Crippen LogP) is 2.10. The fourth-order valence-electron chi connectivity index (χ4n) is 2.42. The van der Waals surface area contributed by atoms with Crippen LogP contribution >= 0.6 is 0 Å². The molecule has 2 N–H and O–H groups in total. The lowest BCUT2D eigenvalue weighted by atomic mass is 10.2. The van der Waals surface area contributed by atoms with Crippen LogP contribution in [0.3, 0.4) is 0 Å². The van der Waals surface area contributed by atoms with Crippen molar-refractivity contribution in [2.75, 3.05) is 13.7 Å².